The zero-order valence-electron chi connectivity index (χ0n) is 17.1. The molecule has 31 heavy (non-hydrogen) atoms. The van der Waals surface area contributed by atoms with Crippen LogP contribution in [0.15, 0.2) is 28.6 Å². The highest BCUT2D eigenvalue weighted by Crippen LogP contribution is 2.30. The number of carbonyl (C=O) groups is 2. The van der Waals surface area contributed by atoms with Gasteiger partial charge < -0.3 is 10.0 Å². The molecule has 1 heterocycles. The molecule has 1 fully saturated rings. The summed E-state index contributed by atoms with van der Waals surface area (Å²) in [7, 11) is 0. The van der Waals surface area contributed by atoms with E-state index in [9.17, 15) is 18.4 Å². The van der Waals surface area contributed by atoms with Gasteiger partial charge in [-0.05, 0) is 55.7 Å². The summed E-state index contributed by atoms with van der Waals surface area (Å²) >= 11 is 2.37. The van der Waals surface area contributed by atoms with Crippen LogP contribution in [0.25, 0.3) is 0 Å². The van der Waals surface area contributed by atoms with E-state index in [4.69, 9.17) is 5.11 Å². The number of aliphatic carboxylic acids is 1. The van der Waals surface area contributed by atoms with Gasteiger partial charge in [-0.15, -0.1) is 11.8 Å². The van der Waals surface area contributed by atoms with E-state index in [0.717, 1.165) is 43.5 Å². The van der Waals surface area contributed by atoms with Crippen LogP contribution in [0.3, 0.4) is 0 Å². The maximum atomic E-state index is 13.5. The fourth-order valence-electron chi connectivity index (χ4n) is 3.63. The number of urea groups is 1. The number of carboxylic acids is 1. The third-order valence-corrected chi connectivity index (χ3v) is 7.44. The van der Waals surface area contributed by atoms with Crippen molar-refractivity contribution in [3.05, 3.63) is 41.6 Å². The number of halogens is 2. The van der Waals surface area contributed by atoms with Gasteiger partial charge in [-0.3, -0.25) is 10.1 Å². The molecule has 0 saturated heterocycles. The predicted molar refractivity (Wildman–Crippen MR) is 118 cm³/mol. The van der Waals surface area contributed by atoms with Crippen molar-refractivity contribution < 1.29 is 23.5 Å². The molecule has 0 aliphatic heterocycles. The van der Waals surface area contributed by atoms with Crippen LogP contribution in [-0.2, 0) is 11.2 Å². The zero-order chi connectivity index (χ0) is 22.4. The first-order valence-electron chi connectivity index (χ1n) is 10.1. The molecule has 0 unspecified atom stereocenters. The Hall–Kier alpha value is -2.20. The van der Waals surface area contributed by atoms with Crippen molar-refractivity contribution in [3.63, 3.8) is 0 Å². The van der Waals surface area contributed by atoms with Crippen LogP contribution in [0.1, 0.15) is 38.2 Å². The van der Waals surface area contributed by atoms with Crippen molar-refractivity contribution in [2.75, 3.05) is 17.6 Å². The fourth-order valence-corrected chi connectivity index (χ4v) is 5.21. The van der Waals surface area contributed by atoms with Gasteiger partial charge in [0.25, 0.3) is 0 Å². The molecule has 1 aliphatic carbocycles. The van der Waals surface area contributed by atoms with E-state index in [1.54, 1.807) is 11.1 Å². The van der Waals surface area contributed by atoms with E-state index in [0.29, 0.717) is 33.8 Å². The number of amides is 2. The molecule has 3 rings (SSSR count). The topological polar surface area (TPSA) is 82.5 Å². The number of thiazole rings is 1. The molecule has 10 heteroatoms. The average Bonchev–Trinajstić information content (AvgIpc) is 3.17. The number of hydrogen-bond acceptors (Lipinski definition) is 5. The van der Waals surface area contributed by atoms with Crippen molar-refractivity contribution in [2.24, 2.45) is 5.92 Å². The minimum atomic E-state index is -0.918. The van der Waals surface area contributed by atoms with E-state index < -0.39 is 17.6 Å². The second kappa shape index (κ2) is 10.9. The second-order valence-corrected chi connectivity index (χ2v) is 10.0. The summed E-state index contributed by atoms with van der Waals surface area (Å²) in [6.45, 7) is 2.58. The highest BCUT2D eigenvalue weighted by Gasteiger charge is 2.28. The number of rotatable bonds is 8. The Balaban J connectivity index is 1.67. The standard InChI is InChI=1S/C21H25F2N3O3S2/c1-13-2-5-15(6-3-13)26(9-8-14-4-7-16(22)17(23)10-14)21(29)25-20-24-11-19(31-20)30-12-18(27)28/h4,7,10-11,13,15H,2-3,5-6,8-9,12H2,1H3,(H,27,28)(H,24,25,29). The summed E-state index contributed by atoms with van der Waals surface area (Å²) in [6.07, 6.45) is 5.81. The van der Waals surface area contributed by atoms with Gasteiger partial charge in [-0.1, -0.05) is 24.3 Å². The van der Waals surface area contributed by atoms with Gasteiger partial charge in [0.2, 0.25) is 0 Å². The Labute approximate surface area is 188 Å². The van der Waals surface area contributed by atoms with Crippen molar-refractivity contribution in [3.8, 4) is 0 Å². The monoisotopic (exact) mass is 469 g/mol. The Morgan fingerprint density at radius 3 is 2.68 bits per heavy atom. The van der Waals surface area contributed by atoms with Crippen LogP contribution >= 0.6 is 23.1 Å². The molecule has 0 atom stereocenters. The van der Waals surface area contributed by atoms with Gasteiger partial charge in [0.05, 0.1) is 16.2 Å². The van der Waals surface area contributed by atoms with Crippen molar-refractivity contribution in [1.29, 1.82) is 0 Å². The lowest BCUT2D eigenvalue weighted by atomic mass is 9.86. The zero-order valence-corrected chi connectivity index (χ0v) is 18.8. The number of nitrogens with one attached hydrogen (secondary N) is 1. The quantitative estimate of drug-likeness (QED) is 0.516. The van der Waals surface area contributed by atoms with Gasteiger partial charge in [-0.2, -0.15) is 0 Å². The molecule has 1 aromatic carbocycles. The predicted octanol–water partition coefficient (Wildman–Crippen LogP) is 5.25. The number of hydrogen-bond donors (Lipinski definition) is 2. The Morgan fingerprint density at radius 2 is 2.00 bits per heavy atom. The number of anilines is 1. The summed E-state index contributed by atoms with van der Waals surface area (Å²) in [5.74, 6) is -2.15. The molecule has 168 valence electrons. The van der Waals surface area contributed by atoms with E-state index >= 15 is 0 Å². The number of carbonyl (C=O) groups excluding carboxylic acids is 1. The number of carboxylic acid groups (broad SMARTS) is 1. The maximum Gasteiger partial charge on any atom is 0.323 e. The molecule has 2 aromatic rings. The van der Waals surface area contributed by atoms with Crippen molar-refractivity contribution in [1.82, 2.24) is 9.88 Å². The lowest BCUT2D eigenvalue weighted by molar-refractivity contribution is -0.133. The smallest absolute Gasteiger partial charge is 0.323 e. The number of aromatic nitrogens is 1. The minimum absolute atomic E-state index is 0.0716. The van der Waals surface area contributed by atoms with E-state index in [-0.39, 0.29) is 17.8 Å². The van der Waals surface area contributed by atoms with Gasteiger partial charge >= 0.3 is 12.0 Å². The fraction of sp³-hybridized carbons (Fsp3) is 0.476. The van der Waals surface area contributed by atoms with Crippen LogP contribution in [0.5, 0.6) is 0 Å². The first-order valence-corrected chi connectivity index (χ1v) is 11.9. The van der Waals surface area contributed by atoms with Crippen LogP contribution in [-0.4, -0.2) is 45.3 Å². The number of benzene rings is 1. The SMILES string of the molecule is CC1CCC(N(CCc2ccc(F)c(F)c2)C(=O)Nc2ncc(SCC(=O)O)s2)CC1. The first kappa shape index (κ1) is 23.5. The summed E-state index contributed by atoms with van der Waals surface area (Å²) in [4.78, 5) is 29.7. The van der Waals surface area contributed by atoms with Gasteiger partial charge in [0.1, 0.15) is 0 Å². The molecule has 2 N–H and O–H groups in total. The van der Waals surface area contributed by atoms with Crippen LogP contribution in [0.4, 0.5) is 18.7 Å². The molecule has 6 nitrogen and oxygen atoms in total. The lowest BCUT2D eigenvalue weighted by Gasteiger charge is -2.36. The highest BCUT2D eigenvalue weighted by atomic mass is 32.2. The van der Waals surface area contributed by atoms with Gasteiger partial charge in [0, 0.05) is 12.6 Å². The summed E-state index contributed by atoms with van der Waals surface area (Å²) in [6, 6.07) is 3.59. The van der Waals surface area contributed by atoms with Crippen LogP contribution < -0.4 is 5.32 Å². The Morgan fingerprint density at radius 1 is 1.26 bits per heavy atom. The normalized spacial score (nSPS) is 18.5. The molecule has 1 aromatic heterocycles. The minimum Gasteiger partial charge on any atom is -0.481 e. The molecule has 0 spiro atoms. The number of nitrogens with zero attached hydrogens (tertiary/aromatic N) is 2. The lowest BCUT2D eigenvalue weighted by Crippen LogP contribution is -2.45. The van der Waals surface area contributed by atoms with E-state index in [1.165, 1.54) is 23.5 Å². The molecular weight excluding hydrogens is 444 g/mol. The number of thioether (sulfide) groups is 1. The van der Waals surface area contributed by atoms with Gasteiger partial charge in [0.15, 0.2) is 16.8 Å². The molecule has 0 radical (unpaired) electrons. The second-order valence-electron chi connectivity index (χ2n) is 7.70. The molecule has 2 amide bonds. The summed E-state index contributed by atoms with van der Waals surface area (Å²) in [5, 5.41) is 12.0. The highest BCUT2D eigenvalue weighted by molar-refractivity contribution is 8.01. The largest absolute Gasteiger partial charge is 0.481 e. The van der Waals surface area contributed by atoms with Crippen molar-refractivity contribution in [2.45, 2.75) is 49.3 Å². The summed E-state index contributed by atoms with van der Waals surface area (Å²) in [5.41, 5.74) is 0.627. The first-order chi connectivity index (χ1) is 14.8. The van der Waals surface area contributed by atoms with E-state index in [1.807, 2.05) is 0 Å². The molecule has 0 bridgehead atoms. The molecular formula is C21H25F2N3O3S2. The van der Waals surface area contributed by atoms with Crippen molar-refractivity contribution >= 4 is 40.2 Å². The van der Waals surface area contributed by atoms with Crippen LogP contribution in [0.2, 0.25) is 0 Å². The average molecular weight is 470 g/mol. The summed E-state index contributed by atoms with van der Waals surface area (Å²) < 4.78 is 27.5. The third-order valence-electron chi connectivity index (χ3n) is 5.35. The third kappa shape index (κ3) is 6.90. The van der Waals surface area contributed by atoms with Gasteiger partial charge in [-0.25, -0.2) is 18.6 Å². The van der Waals surface area contributed by atoms with E-state index in [2.05, 4.69) is 17.2 Å². The molecule has 1 saturated carbocycles. The van der Waals surface area contributed by atoms with Crippen LogP contribution in [0, 0.1) is 17.6 Å². The Kier molecular flexibility index (Phi) is 8.25. The Bertz CT molecular complexity index is 917. The molecule has 1 aliphatic rings. The maximum absolute atomic E-state index is 13.5.